The monoisotopic (exact) mass is 283 g/mol. The SMILES string of the molecule is CCCOCCC(CNCCOC)c1ccc(F)cc1. The highest BCUT2D eigenvalue weighted by Gasteiger charge is 2.11. The van der Waals surface area contributed by atoms with Gasteiger partial charge in [0.05, 0.1) is 6.61 Å². The Bertz CT molecular complexity index is 331. The molecule has 0 aromatic heterocycles. The van der Waals surface area contributed by atoms with E-state index in [1.165, 1.54) is 12.1 Å². The number of methoxy groups -OCH3 is 1. The number of rotatable bonds is 11. The Labute approximate surface area is 121 Å². The highest BCUT2D eigenvalue weighted by Crippen LogP contribution is 2.19. The van der Waals surface area contributed by atoms with Crippen LogP contribution in [0.2, 0.25) is 0 Å². The molecule has 114 valence electrons. The molecule has 0 aliphatic heterocycles. The molecule has 0 aliphatic rings. The summed E-state index contributed by atoms with van der Waals surface area (Å²) in [6, 6.07) is 6.75. The van der Waals surface area contributed by atoms with Crippen LogP contribution in [0.1, 0.15) is 31.2 Å². The second-order valence-corrected chi connectivity index (χ2v) is 4.85. The number of benzene rings is 1. The van der Waals surface area contributed by atoms with Gasteiger partial charge >= 0.3 is 0 Å². The first kappa shape index (κ1) is 17.1. The summed E-state index contributed by atoms with van der Waals surface area (Å²) in [5.74, 6) is 0.145. The number of ether oxygens (including phenoxy) is 2. The summed E-state index contributed by atoms with van der Waals surface area (Å²) in [4.78, 5) is 0. The topological polar surface area (TPSA) is 30.5 Å². The van der Waals surface area contributed by atoms with Gasteiger partial charge in [-0.15, -0.1) is 0 Å². The van der Waals surface area contributed by atoms with Crippen LogP contribution in [-0.4, -0.2) is 40.0 Å². The van der Waals surface area contributed by atoms with Gasteiger partial charge in [0.15, 0.2) is 0 Å². The van der Waals surface area contributed by atoms with Crippen LogP contribution in [0.15, 0.2) is 24.3 Å². The van der Waals surface area contributed by atoms with Crippen molar-refractivity contribution in [3.63, 3.8) is 0 Å². The van der Waals surface area contributed by atoms with Crippen LogP contribution in [0, 0.1) is 5.82 Å². The molecule has 3 nitrogen and oxygen atoms in total. The van der Waals surface area contributed by atoms with Crippen molar-refractivity contribution >= 4 is 0 Å². The van der Waals surface area contributed by atoms with Crippen molar-refractivity contribution in [1.29, 1.82) is 0 Å². The third kappa shape index (κ3) is 6.98. The number of hydrogen-bond donors (Lipinski definition) is 1. The van der Waals surface area contributed by atoms with Crippen LogP contribution >= 0.6 is 0 Å². The van der Waals surface area contributed by atoms with E-state index in [0.29, 0.717) is 12.5 Å². The van der Waals surface area contributed by atoms with E-state index >= 15 is 0 Å². The van der Waals surface area contributed by atoms with E-state index < -0.39 is 0 Å². The average Bonchev–Trinajstić information content (AvgIpc) is 2.47. The molecular weight excluding hydrogens is 257 g/mol. The molecule has 1 atom stereocenters. The van der Waals surface area contributed by atoms with Crippen molar-refractivity contribution in [3.05, 3.63) is 35.6 Å². The predicted molar refractivity (Wildman–Crippen MR) is 79.6 cm³/mol. The Kier molecular flexibility index (Phi) is 9.20. The molecule has 0 saturated carbocycles. The molecule has 1 aromatic rings. The van der Waals surface area contributed by atoms with Gasteiger partial charge < -0.3 is 14.8 Å². The van der Waals surface area contributed by atoms with Gasteiger partial charge in [-0.3, -0.25) is 0 Å². The average molecular weight is 283 g/mol. The van der Waals surface area contributed by atoms with Crippen molar-refractivity contribution in [2.24, 2.45) is 0 Å². The summed E-state index contributed by atoms with van der Waals surface area (Å²) in [5, 5.41) is 3.37. The smallest absolute Gasteiger partial charge is 0.123 e. The van der Waals surface area contributed by atoms with Gasteiger partial charge in [-0.2, -0.15) is 0 Å². The van der Waals surface area contributed by atoms with E-state index in [1.807, 2.05) is 12.1 Å². The van der Waals surface area contributed by atoms with Gasteiger partial charge in [-0.05, 0) is 36.5 Å². The van der Waals surface area contributed by atoms with Gasteiger partial charge in [-0.25, -0.2) is 4.39 Å². The van der Waals surface area contributed by atoms with Crippen molar-refractivity contribution in [1.82, 2.24) is 5.32 Å². The third-order valence-electron chi connectivity index (χ3n) is 3.17. The Morgan fingerprint density at radius 1 is 1.15 bits per heavy atom. The van der Waals surface area contributed by atoms with Gasteiger partial charge in [0.1, 0.15) is 5.82 Å². The van der Waals surface area contributed by atoms with E-state index in [2.05, 4.69) is 12.2 Å². The minimum absolute atomic E-state index is 0.193. The van der Waals surface area contributed by atoms with E-state index in [4.69, 9.17) is 9.47 Å². The molecule has 0 amide bonds. The van der Waals surface area contributed by atoms with Crippen LogP contribution in [-0.2, 0) is 9.47 Å². The summed E-state index contributed by atoms with van der Waals surface area (Å²) in [7, 11) is 1.69. The normalized spacial score (nSPS) is 12.6. The van der Waals surface area contributed by atoms with Crippen molar-refractivity contribution < 1.29 is 13.9 Å². The minimum Gasteiger partial charge on any atom is -0.383 e. The molecular formula is C16H26FNO2. The van der Waals surface area contributed by atoms with Gasteiger partial charge in [0, 0.05) is 33.4 Å². The minimum atomic E-state index is -0.193. The Morgan fingerprint density at radius 2 is 1.90 bits per heavy atom. The number of nitrogens with one attached hydrogen (secondary N) is 1. The Hall–Kier alpha value is -0.970. The Balaban J connectivity index is 2.47. The van der Waals surface area contributed by atoms with Gasteiger partial charge in [0.25, 0.3) is 0 Å². The molecule has 0 heterocycles. The fourth-order valence-electron chi connectivity index (χ4n) is 2.04. The number of halogens is 1. The molecule has 1 aromatic carbocycles. The van der Waals surface area contributed by atoms with Gasteiger partial charge in [-0.1, -0.05) is 19.1 Å². The molecule has 4 heteroatoms. The fourth-order valence-corrected chi connectivity index (χ4v) is 2.04. The summed E-state index contributed by atoms with van der Waals surface area (Å²) in [6.45, 7) is 6.01. The molecule has 1 unspecified atom stereocenters. The summed E-state index contributed by atoms with van der Waals surface area (Å²) < 4.78 is 23.6. The molecule has 20 heavy (non-hydrogen) atoms. The van der Waals surface area contributed by atoms with Crippen LogP contribution in [0.25, 0.3) is 0 Å². The molecule has 0 aliphatic carbocycles. The standard InChI is InChI=1S/C16H26FNO2/c1-3-10-20-11-8-15(13-18-9-12-19-2)14-4-6-16(17)7-5-14/h4-7,15,18H,3,8-13H2,1-2H3. The first-order valence-corrected chi connectivity index (χ1v) is 7.30. The van der Waals surface area contributed by atoms with Crippen LogP contribution in [0.4, 0.5) is 4.39 Å². The zero-order valence-electron chi connectivity index (χ0n) is 12.5. The second-order valence-electron chi connectivity index (χ2n) is 4.85. The lowest BCUT2D eigenvalue weighted by atomic mass is 9.96. The fraction of sp³-hybridized carbons (Fsp3) is 0.625. The molecule has 0 spiro atoms. The van der Waals surface area contributed by atoms with E-state index in [-0.39, 0.29) is 5.82 Å². The maximum atomic E-state index is 13.0. The first-order chi connectivity index (χ1) is 9.77. The first-order valence-electron chi connectivity index (χ1n) is 7.30. The van der Waals surface area contributed by atoms with E-state index in [9.17, 15) is 4.39 Å². The van der Waals surface area contributed by atoms with Crippen molar-refractivity contribution in [3.8, 4) is 0 Å². The lowest BCUT2D eigenvalue weighted by molar-refractivity contribution is 0.127. The van der Waals surface area contributed by atoms with Crippen molar-refractivity contribution in [2.75, 3.05) is 40.0 Å². The van der Waals surface area contributed by atoms with Crippen molar-refractivity contribution in [2.45, 2.75) is 25.7 Å². The van der Waals surface area contributed by atoms with Crippen LogP contribution < -0.4 is 5.32 Å². The quantitative estimate of drug-likeness (QED) is 0.633. The molecule has 0 saturated heterocycles. The highest BCUT2D eigenvalue weighted by atomic mass is 19.1. The lowest BCUT2D eigenvalue weighted by Gasteiger charge is -2.18. The molecule has 0 bridgehead atoms. The molecule has 1 N–H and O–H groups in total. The van der Waals surface area contributed by atoms with E-state index in [1.54, 1.807) is 7.11 Å². The summed E-state index contributed by atoms with van der Waals surface area (Å²) in [6.07, 6.45) is 1.97. The van der Waals surface area contributed by atoms with Crippen LogP contribution in [0.5, 0.6) is 0 Å². The molecule has 0 radical (unpaired) electrons. The molecule has 1 rings (SSSR count). The maximum Gasteiger partial charge on any atom is 0.123 e. The lowest BCUT2D eigenvalue weighted by Crippen LogP contribution is -2.26. The second kappa shape index (κ2) is 10.8. The zero-order chi connectivity index (χ0) is 14.6. The van der Waals surface area contributed by atoms with Crippen LogP contribution in [0.3, 0.4) is 0 Å². The summed E-state index contributed by atoms with van der Waals surface area (Å²) in [5.41, 5.74) is 1.15. The summed E-state index contributed by atoms with van der Waals surface area (Å²) >= 11 is 0. The zero-order valence-corrected chi connectivity index (χ0v) is 12.5. The molecule has 0 fully saturated rings. The predicted octanol–water partition coefficient (Wildman–Crippen LogP) is 2.96. The van der Waals surface area contributed by atoms with Gasteiger partial charge in [0.2, 0.25) is 0 Å². The third-order valence-corrected chi connectivity index (χ3v) is 3.17. The van der Waals surface area contributed by atoms with E-state index in [0.717, 1.165) is 44.7 Å². The largest absolute Gasteiger partial charge is 0.383 e. The highest BCUT2D eigenvalue weighted by molar-refractivity contribution is 5.20. The number of hydrogen-bond acceptors (Lipinski definition) is 3. The Morgan fingerprint density at radius 3 is 2.55 bits per heavy atom. The maximum absolute atomic E-state index is 13.0.